The van der Waals surface area contributed by atoms with Crippen LogP contribution in [0.1, 0.15) is 33.1 Å². The summed E-state index contributed by atoms with van der Waals surface area (Å²) in [6, 6.07) is -0.538. The van der Waals surface area contributed by atoms with Gasteiger partial charge in [-0.05, 0) is 25.2 Å². The first-order valence-corrected chi connectivity index (χ1v) is 6.33. The fourth-order valence-electron chi connectivity index (χ4n) is 1.84. The molecule has 0 radical (unpaired) electrons. The Morgan fingerprint density at radius 2 is 1.82 bits per heavy atom. The van der Waals surface area contributed by atoms with E-state index in [4.69, 9.17) is 5.73 Å². The molecule has 1 unspecified atom stereocenters. The Morgan fingerprint density at radius 1 is 1.24 bits per heavy atom. The minimum Gasteiger partial charge on any atom is -0.346 e. The summed E-state index contributed by atoms with van der Waals surface area (Å²) in [5.74, 6) is -0.167. The second-order valence-corrected chi connectivity index (χ2v) is 4.93. The fourth-order valence-corrected chi connectivity index (χ4v) is 1.84. The Labute approximate surface area is 103 Å². The molecule has 98 valence electrons. The molecule has 0 saturated carbocycles. The van der Waals surface area contributed by atoms with Crippen LogP contribution in [0, 0.1) is 5.92 Å². The number of carbonyl (C=O) groups excluding carboxylic acids is 2. The summed E-state index contributed by atoms with van der Waals surface area (Å²) < 4.78 is 0. The average Bonchev–Trinajstić information content (AvgIpc) is 2.35. The minimum absolute atomic E-state index is 0.00555. The number of piperidine rings is 1. The molecular weight excluding hydrogens is 218 g/mol. The molecule has 3 N–H and O–H groups in total. The molecule has 1 fully saturated rings. The van der Waals surface area contributed by atoms with Gasteiger partial charge in [0, 0.05) is 13.1 Å². The molecule has 17 heavy (non-hydrogen) atoms. The second-order valence-electron chi connectivity index (χ2n) is 4.93. The highest BCUT2D eigenvalue weighted by Gasteiger charge is 2.20. The van der Waals surface area contributed by atoms with Crippen molar-refractivity contribution in [1.82, 2.24) is 10.2 Å². The number of likely N-dealkylation sites (tertiary alicyclic amines) is 1. The van der Waals surface area contributed by atoms with Crippen LogP contribution < -0.4 is 11.1 Å². The van der Waals surface area contributed by atoms with E-state index in [2.05, 4.69) is 5.32 Å². The highest BCUT2D eigenvalue weighted by molar-refractivity contribution is 5.87. The van der Waals surface area contributed by atoms with Crippen LogP contribution in [0.3, 0.4) is 0 Å². The molecule has 1 aliphatic rings. The lowest BCUT2D eigenvalue weighted by molar-refractivity contribution is -0.134. The molecule has 0 aromatic rings. The summed E-state index contributed by atoms with van der Waals surface area (Å²) in [6.07, 6.45) is 3.31. The van der Waals surface area contributed by atoms with Gasteiger partial charge in [-0.3, -0.25) is 9.59 Å². The van der Waals surface area contributed by atoms with E-state index in [1.165, 1.54) is 6.42 Å². The van der Waals surface area contributed by atoms with Crippen molar-refractivity contribution in [2.75, 3.05) is 19.6 Å². The van der Waals surface area contributed by atoms with Crippen molar-refractivity contribution in [3.05, 3.63) is 0 Å². The van der Waals surface area contributed by atoms with Crippen LogP contribution in [0.4, 0.5) is 0 Å². The van der Waals surface area contributed by atoms with Gasteiger partial charge >= 0.3 is 0 Å². The standard InChI is InChI=1S/C12H23N3O2/c1-9(2)11(13)12(17)14-8-10(16)15-6-4-3-5-7-15/h9,11H,3-8,13H2,1-2H3,(H,14,17). The Kier molecular flexibility index (Phi) is 5.41. The number of nitrogens with two attached hydrogens (primary N) is 1. The number of nitrogens with zero attached hydrogens (tertiary/aromatic N) is 1. The molecule has 1 rings (SSSR count). The van der Waals surface area contributed by atoms with Crippen molar-refractivity contribution < 1.29 is 9.59 Å². The summed E-state index contributed by atoms with van der Waals surface area (Å²) >= 11 is 0. The van der Waals surface area contributed by atoms with Gasteiger partial charge in [0.1, 0.15) is 0 Å². The van der Waals surface area contributed by atoms with Crippen LogP contribution in [-0.4, -0.2) is 42.4 Å². The molecule has 0 aliphatic carbocycles. The first kappa shape index (κ1) is 14.0. The van der Waals surface area contributed by atoms with Gasteiger partial charge in [-0.1, -0.05) is 13.8 Å². The summed E-state index contributed by atoms with van der Waals surface area (Å²) in [7, 11) is 0. The van der Waals surface area contributed by atoms with Crippen molar-refractivity contribution in [1.29, 1.82) is 0 Å². The van der Waals surface area contributed by atoms with E-state index in [9.17, 15) is 9.59 Å². The molecule has 5 heteroatoms. The quantitative estimate of drug-likeness (QED) is 0.733. The molecule has 0 spiro atoms. The van der Waals surface area contributed by atoms with Gasteiger partial charge in [0.15, 0.2) is 0 Å². The Balaban J connectivity index is 2.29. The molecule has 1 atom stereocenters. The highest BCUT2D eigenvalue weighted by Crippen LogP contribution is 2.08. The van der Waals surface area contributed by atoms with Gasteiger partial charge in [-0.15, -0.1) is 0 Å². The number of carbonyl (C=O) groups is 2. The SMILES string of the molecule is CC(C)C(N)C(=O)NCC(=O)N1CCCCC1. The molecule has 0 aromatic heterocycles. The first-order chi connectivity index (χ1) is 8.02. The zero-order valence-corrected chi connectivity index (χ0v) is 10.7. The van der Waals surface area contributed by atoms with Crippen LogP contribution in [0.15, 0.2) is 0 Å². The van der Waals surface area contributed by atoms with Crippen molar-refractivity contribution >= 4 is 11.8 Å². The molecule has 0 aromatic carbocycles. The van der Waals surface area contributed by atoms with Crippen molar-refractivity contribution in [3.8, 4) is 0 Å². The van der Waals surface area contributed by atoms with Crippen LogP contribution >= 0.6 is 0 Å². The maximum Gasteiger partial charge on any atom is 0.241 e. The summed E-state index contributed by atoms with van der Waals surface area (Å²) in [4.78, 5) is 25.1. The fraction of sp³-hybridized carbons (Fsp3) is 0.833. The van der Waals surface area contributed by atoms with E-state index in [0.29, 0.717) is 0 Å². The van der Waals surface area contributed by atoms with Crippen LogP contribution in [0.5, 0.6) is 0 Å². The van der Waals surface area contributed by atoms with Crippen molar-refractivity contribution in [3.63, 3.8) is 0 Å². The zero-order valence-electron chi connectivity index (χ0n) is 10.7. The van der Waals surface area contributed by atoms with E-state index in [0.717, 1.165) is 25.9 Å². The maximum atomic E-state index is 11.8. The minimum atomic E-state index is -0.538. The lowest BCUT2D eigenvalue weighted by atomic mass is 10.1. The normalized spacial score (nSPS) is 18.0. The summed E-state index contributed by atoms with van der Waals surface area (Å²) in [5.41, 5.74) is 5.69. The first-order valence-electron chi connectivity index (χ1n) is 6.33. The van der Waals surface area contributed by atoms with Gasteiger partial charge in [-0.2, -0.15) is 0 Å². The molecule has 2 amide bonds. The summed E-state index contributed by atoms with van der Waals surface area (Å²) in [5, 5.41) is 2.61. The van der Waals surface area contributed by atoms with Gasteiger partial charge in [0.2, 0.25) is 11.8 Å². The molecule has 0 bridgehead atoms. The molecule has 1 heterocycles. The van der Waals surface area contributed by atoms with Crippen LogP contribution in [0.2, 0.25) is 0 Å². The Bertz CT molecular complexity index is 273. The number of amides is 2. The van der Waals surface area contributed by atoms with Gasteiger partial charge in [0.05, 0.1) is 12.6 Å². The number of hydrogen-bond donors (Lipinski definition) is 2. The molecule has 1 aliphatic heterocycles. The number of hydrogen-bond acceptors (Lipinski definition) is 3. The number of nitrogens with one attached hydrogen (secondary N) is 1. The molecule has 1 saturated heterocycles. The van der Waals surface area contributed by atoms with Crippen LogP contribution in [0.25, 0.3) is 0 Å². The third-order valence-electron chi connectivity index (χ3n) is 3.14. The van der Waals surface area contributed by atoms with Crippen molar-refractivity contribution in [2.45, 2.75) is 39.2 Å². The largest absolute Gasteiger partial charge is 0.346 e. The Morgan fingerprint density at radius 3 is 2.35 bits per heavy atom. The van der Waals surface area contributed by atoms with Gasteiger partial charge < -0.3 is 16.0 Å². The van der Waals surface area contributed by atoms with Gasteiger partial charge in [0.25, 0.3) is 0 Å². The predicted molar refractivity (Wildman–Crippen MR) is 66.3 cm³/mol. The average molecular weight is 241 g/mol. The molecule has 5 nitrogen and oxygen atoms in total. The van der Waals surface area contributed by atoms with Crippen LogP contribution in [-0.2, 0) is 9.59 Å². The maximum absolute atomic E-state index is 11.8. The highest BCUT2D eigenvalue weighted by atomic mass is 16.2. The Hall–Kier alpha value is -1.10. The van der Waals surface area contributed by atoms with Gasteiger partial charge in [-0.25, -0.2) is 0 Å². The van der Waals surface area contributed by atoms with E-state index in [1.807, 2.05) is 18.7 Å². The topological polar surface area (TPSA) is 75.4 Å². The second kappa shape index (κ2) is 6.59. The smallest absolute Gasteiger partial charge is 0.241 e. The lowest BCUT2D eigenvalue weighted by Crippen LogP contribution is -2.48. The summed E-state index contributed by atoms with van der Waals surface area (Å²) in [6.45, 7) is 5.46. The van der Waals surface area contributed by atoms with E-state index in [-0.39, 0.29) is 24.3 Å². The van der Waals surface area contributed by atoms with Crippen molar-refractivity contribution in [2.24, 2.45) is 11.7 Å². The van der Waals surface area contributed by atoms with E-state index in [1.54, 1.807) is 0 Å². The third-order valence-corrected chi connectivity index (χ3v) is 3.14. The van der Waals surface area contributed by atoms with E-state index >= 15 is 0 Å². The lowest BCUT2D eigenvalue weighted by Gasteiger charge is -2.27. The predicted octanol–water partition coefficient (Wildman–Crippen LogP) is 0.0984. The molecular formula is C12H23N3O2. The monoisotopic (exact) mass is 241 g/mol. The van der Waals surface area contributed by atoms with E-state index < -0.39 is 6.04 Å². The zero-order chi connectivity index (χ0) is 12.8. The third kappa shape index (κ3) is 4.34. The number of rotatable bonds is 4.